The van der Waals surface area contributed by atoms with Crippen LogP contribution in [-0.2, 0) is 25.9 Å². The normalized spacial score (nSPS) is 11.4. The topological polar surface area (TPSA) is 44.0 Å². The van der Waals surface area contributed by atoms with Crippen molar-refractivity contribution >= 4 is 34.1 Å². The minimum absolute atomic E-state index is 0.254. The molecule has 0 saturated heterocycles. The number of nitrogens with zero attached hydrogens (tertiary/aromatic N) is 2. The lowest BCUT2D eigenvalue weighted by Crippen LogP contribution is -2.40. The van der Waals surface area contributed by atoms with Gasteiger partial charge in [-0.25, -0.2) is 4.79 Å². The van der Waals surface area contributed by atoms with Crippen molar-refractivity contribution in [3.63, 3.8) is 0 Å². The summed E-state index contributed by atoms with van der Waals surface area (Å²) in [4.78, 5) is 26.8. The van der Waals surface area contributed by atoms with Gasteiger partial charge in [0.1, 0.15) is 0 Å². The maximum atomic E-state index is 13.5. The number of aryl methyl sites for hydroxylation is 1. The van der Waals surface area contributed by atoms with E-state index in [1.807, 2.05) is 30.3 Å². The maximum Gasteiger partial charge on any atom is 0.331 e. The molecule has 0 aliphatic heterocycles. The minimum atomic E-state index is -0.375. The van der Waals surface area contributed by atoms with Crippen molar-refractivity contribution < 1.29 is 0 Å². The number of hydrogen-bond acceptors (Lipinski definition) is 2. The Balaban J connectivity index is 1.69. The molecule has 0 amide bonds. The molecule has 176 valence electrons. The van der Waals surface area contributed by atoms with Crippen LogP contribution in [-0.4, -0.2) is 9.13 Å². The van der Waals surface area contributed by atoms with Crippen molar-refractivity contribution in [3.8, 4) is 0 Å². The highest BCUT2D eigenvalue weighted by atomic mass is 35.5. The fourth-order valence-electron chi connectivity index (χ4n) is 4.40. The molecule has 0 atom stereocenters. The van der Waals surface area contributed by atoms with Crippen LogP contribution in [0.2, 0.25) is 10.0 Å². The monoisotopic (exact) mass is 494 g/mol. The van der Waals surface area contributed by atoms with Gasteiger partial charge in [0.25, 0.3) is 5.56 Å². The lowest BCUT2D eigenvalue weighted by Gasteiger charge is -2.15. The van der Waals surface area contributed by atoms with Crippen molar-refractivity contribution in [1.82, 2.24) is 9.13 Å². The molecule has 0 unspecified atom stereocenters. The zero-order valence-electron chi connectivity index (χ0n) is 19.4. The van der Waals surface area contributed by atoms with Crippen LogP contribution in [0, 0.1) is 5.92 Å². The highest BCUT2D eigenvalue weighted by Gasteiger charge is 2.17. The summed E-state index contributed by atoms with van der Waals surface area (Å²) in [7, 11) is 0. The van der Waals surface area contributed by atoms with Crippen LogP contribution in [0.25, 0.3) is 10.9 Å². The fraction of sp³-hybridized carbons (Fsp3) is 0.286. The second-order valence-electron chi connectivity index (χ2n) is 9.11. The van der Waals surface area contributed by atoms with Crippen molar-refractivity contribution in [2.45, 2.75) is 46.2 Å². The Morgan fingerprint density at radius 2 is 1.53 bits per heavy atom. The number of fused-ring (bicyclic) bond motifs is 1. The van der Waals surface area contributed by atoms with Crippen molar-refractivity contribution in [3.05, 3.63) is 114 Å². The smallest absolute Gasteiger partial charge is 0.289 e. The average Bonchev–Trinajstić information content (AvgIpc) is 2.79. The van der Waals surface area contributed by atoms with Crippen LogP contribution in [0.4, 0.5) is 0 Å². The molecule has 1 heterocycles. The largest absolute Gasteiger partial charge is 0.331 e. The molecule has 1 aromatic heterocycles. The summed E-state index contributed by atoms with van der Waals surface area (Å²) in [6.45, 7) is 5.05. The lowest BCUT2D eigenvalue weighted by atomic mass is 9.99. The van der Waals surface area contributed by atoms with Gasteiger partial charge in [-0.1, -0.05) is 91.6 Å². The summed E-state index contributed by atoms with van der Waals surface area (Å²) >= 11 is 12.7. The van der Waals surface area contributed by atoms with Gasteiger partial charge in [-0.3, -0.25) is 13.9 Å². The molecule has 0 radical (unpaired) electrons. The van der Waals surface area contributed by atoms with E-state index in [0.29, 0.717) is 41.4 Å². The van der Waals surface area contributed by atoms with Crippen LogP contribution in [0.3, 0.4) is 0 Å². The third-order valence-electron chi connectivity index (χ3n) is 5.91. The molecule has 0 aliphatic carbocycles. The van der Waals surface area contributed by atoms with E-state index < -0.39 is 0 Å². The quantitative estimate of drug-likeness (QED) is 0.286. The Hall–Kier alpha value is -2.82. The fourth-order valence-corrected chi connectivity index (χ4v) is 4.96. The Labute approximate surface area is 209 Å². The molecule has 0 N–H and O–H groups in total. The first kappa shape index (κ1) is 24.3. The molecule has 4 nitrogen and oxygen atoms in total. The van der Waals surface area contributed by atoms with Crippen LogP contribution >= 0.6 is 23.2 Å². The van der Waals surface area contributed by atoms with Gasteiger partial charge in [0, 0.05) is 11.6 Å². The molecular formula is C28H28Cl2N2O2. The van der Waals surface area contributed by atoms with Gasteiger partial charge in [0.15, 0.2) is 0 Å². The Kier molecular flexibility index (Phi) is 7.60. The third kappa shape index (κ3) is 5.45. The van der Waals surface area contributed by atoms with E-state index in [-0.39, 0.29) is 16.3 Å². The van der Waals surface area contributed by atoms with Crippen LogP contribution in [0.1, 0.15) is 37.0 Å². The molecule has 6 heteroatoms. The molecule has 0 saturated carbocycles. The molecule has 34 heavy (non-hydrogen) atoms. The molecular weight excluding hydrogens is 467 g/mol. The predicted molar refractivity (Wildman–Crippen MR) is 141 cm³/mol. The highest BCUT2D eigenvalue weighted by Crippen LogP contribution is 2.25. The summed E-state index contributed by atoms with van der Waals surface area (Å²) in [5.74, 6) is 0.591. The molecule has 0 fully saturated rings. The van der Waals surface area contributed by atoms with Gasteiger partial charge < -0.3 is 0 Å². The Morgan fingerprint density at radius 1 is 0.824 bits per heavy atom. The molecule has 0 bridgehead atoms. The average molecular weight is 495 g/mol. The number of rotatable bonds is 8. The summed E-state index contributed by atoms with van der Waals surface area (Å²) in [5, 5.41) is 0.960. The number of benzene rings is 3. The van der Waals surface area contributed by atoms with E-state index in [9.17, 15) is 9.59 Å². The van der Waals surface area contributed by atoms with Gasteiger partial charge >= 0.3 is 5.69 Å². The summed E-state index contributed by atoms with van der Waals surface area (Å²) in [5.41, 5.74) is 3.20. The SMILES string of the molecule is CC(C)Cc1cccc(CCCn2c(=O)c3c(Cl)cc(Cl)cc3n(Cc3ccccc3)c2=O)c1. The summed E-state index contributed by atoms with van der Waals surface area (Å²) in [6.07, 6.45) is 2.48. The van der Waals surface area contributed by atoms with E-state index >= 15 is 0 Å². The number of halogens is 2. The zero-order chi connectivity index (χ0) is 24.2. The van der Waals surface area contributed by atoms with Gasteiger partial charge in [0.2, 0.25) is 0 Å². The van der Waals surface area contributed by atoms with Crippen LogP contribution in [0.5, 0.6) is 0 Å². The predicted octanol–water partition coefficient (Wildman–Crippen LogP) is 6.35. The third-order valence-corrected chi connectivity index (χ3v) is 6.43. The first-order valence-corrected chi connectivity index (χ1v) is 12.3. The first-order valence-electron chi connectivity index (χ1n) is 11.6. The first-order chi connectivity index (χ1) is 16.3. The number of aromatic nitrogens is 2. The van der Waals surface area contributed by atoms with Crippen LogP contribution in [0.15, 0.2) is 76.3 Å². The van der Waals surface area contributed by atoms with E-state index in [1.165, 1.54) is 15.7 Å². The maximum absolute atomic E-state index is 13.5. The summed E-state index contributed by atoms with van der Waals surface area (Å²) < 4.78 is 2.90. The standard InChI is InChI=1S/C28H28Cl2N2O2/c1-19(2)14-22-11-6-10-20(15-22)12-7-13-31-27(33)26-24(30)16-23(29)17-25(26)32(28(31)34)18-21-8-4-3-5-9-21/h3-6,8-11,15-17,19H,7,12-14,18H2,1-2H3. The molecule has 3 aromatic carbocycles. The van der Waals surface area contributed by atoms with Gasteiger partial charge in [0.05, 0.1) is 22.5 Å². The van der Waals surface area contributed by atoms with Gasteiger partial charge in [-0.05, 0) is 54.0 Å². The van der Waals surface area contributed by atoms with Gasteiger partial charge in [-0.2, -0.15) is 0 Å². The molecule has 4 rings (SSSR count). The van der Waals surface area contributed by atoms with E-state index in [2.05, 4.69) is 38.1 Å². The van der Waals surface area contributed by atoms with Crippen LogP contribution < -0.4 is 11.2 Å². The Bertz CT molecular complexity index is 1420. The second-order valence-corrected chi connectivity index (χ2v) is 9.96. The zero-order valence-corrected chi connectivity index (χ0v) is 20.9. The Morgan fingerprint density at radius 3 is 2.26 bits per heavy atom. The lowest BCUT2D eigenvalue weighted by molar-refractivity contribution is 0.563. The van der Waals surface area contributed by atoms with Gasteiger partial charge in [-0.15, -0.1) is 0 Å². The molecule has 4 aromatic rings. The summed E-state index contributed by atoms with van der Waals surface area (Å²) in [6, 6.07) is 21.4. The van der Waals surface area contributed by atoms with E-state index in [1.54, 1.807) is 16.7 Å². The molecule has 0 aliphatic rings. The second kappa shape index (κ2) is 10.6. The van der Waals surface area contributed by atoms with Crippen molar-refractivity contribution in [2.24, 2.45) is 5.92 Å². The van der Waals surface area contributed by atoms with Crippen molar-refractivity contribution in [2.75, 3.05) is 0 Å². The molecule has 0 spiro atoms. The minimum Gasteiger partial charge on any atom is -0.289 e. The number of hydrogen-bond donors (Lipinski definition) is 0. The highest BCUT2D eigenvalue weighted by molar-refractivity contribution is 6.38. The van der Waals surface area contributed by atoms with Crippen molar-refractivity contribution in [1.29, 1.82) is 0 Å². The van der Waals surface area contributed by atoms with E-state index in [0.717, 1.165) is 18.4 Å². The van der Waals surface area contributed by atoms with E-state index in [4.69, 9.17) is 23.2 Å².